The quantitative estimate of drug-likeness (QED) is 0.537. The summed E-state index contributed by atoms with van der Waals surface area (Å²) in [5, 5.41) is 32.7. The Morgan fingerprint density at radius 3 is 1.42 bits per heavy atom. The molecule has 0 amide bonds. The van der Waals surface area contributed by atoms with E-state index in [1.807, 2.05) is 0 Å². The standard InChI is InChI=1S/2C8H12O3.C2H6O2/c2*1-8-3-2-5(7(9)10)4-6(8)11-8;3-1-2-4/h2*5-6H,2-4H2,1H3,(H,9,10);3-4H,1-2H2. The lowest BCUT2D eigenvalue weighted by Gasteiger charge is -2.18. The summed E-state index contributed by atoms with van der Waals surface area (Å²) in [6.45, 7) is 3.88. The highest BCUT2D eigenvalue weighted by Gasteiger charge is 2.57. The van der Waals surface area contributed by atoms with Gasteiger partial charge in [-0.15, -0.1) is 0 Å². The van der Waals surface area contributed by atoms with Crippen LogP contribution < -0.4 is 0 Å². The third-order valence-corrected chi connectivity index (χ3v) is 5.84. The predicted octanol–water partition coefficient (Wildman–Crippen LogP) is 1.03. The Balaban J connectivity index is 0.000000156. The number of fused-ring (bicyclic) bond motifs is 2. The Hall–Kier alpha value is -1.22. The van der Waals surface area contributed by atoms with E-state index in [1.54, 1.807) is 0 Å². The van der Waals surface area contributed by atoms with Gasteiger partial charge in [0.15, 0.2) is 0 Å². The Morgan fingerprint density at radius 2 is 1.19 bits per heavy atom. The summed E-state index contributed by atoms with van der Waals surface area (Å²) >= 11 is 0. The summed E-state index contributed by atoms with van der Waals surface area (Å²) in [5.74, 6) is -1.64. The van der Waals surface area contributed by atoms with E-state index in [1.165, 1.54) is 0 Å². The van der Waals surface area contributed by atoms with Crippen LogP contribution in [0.25, 0.3) is 0 Å². The van der Waals surface area contributed by atoms with Gasteiger partial charge in [-0.1, -0.05) is 0 Å². The molecule has 2 aliphatic carbocycles. The summed E-state index contributed by atoms with van der Waals surface area (Å²) in [4.78, 5) is 21.1. The van der Waals surface area contributed by atoms with E-state index >= 15 is 0 Å². The van der Waals surface area contributed by atoms with Gasteiger partial charge in [0, 0.05) is 0 Å². The Morgan fingerprint density at radius 1 is 0.846 bits per heavy atom. The number of hydrogen-bond acceptors (Lipinski definition) is 6. The fourth-order valence-corrected chi connectivity index (χ4v) is 3.74. The Bertz CT molecular complexity index is 477. The molecule has 0 aromatic rings. The fraction of sp³-hybridized carbons (Fsp3) is 0.889. The molecule has 4 aliphatic rings. The molecule has 4 fully saturated rings. The van der Waals surface area contributed by atoms with Gasteiger partial charge in [-0.05, 0) is 52.4 Å². The first-order valence-corrected chi connectivity index (χ1v) is 9.18. The van der Waals surface area contributed by atoms with Crippen molar-refractivity contribution < 1.29 is 39.5 Å². The molecule has 2 saturated heterocycles. The summed E-state index contributed by atoms with van der Waals surface area (Å²) in [6, 6.07) is 0. The lowest BCUT2D eigenvalue weighted by Crippen LogP contribution is -2.26. The zero-order valence-electron chi connectivity index (χ0n) is 15.4. The zero-order valence-corrected chi connectivity index (χ0v) is 15.4. The average Bonchev–Trinajstić information content (AvgIpc) is 3.46. The van der Waals surface area contributed by atoms with Gasteiger partial charge in [0.05, 0.1) is 48.5 Å². The van der Waals surface area contributed by atoms with Crippen molar-refractivity contribution in [2.75, 3.05) is 13.2 Å². The normalized spacial score (nSPS) is 41.8. The summed E-state index contributed by atoms with van der Waals surface area (Å²) in [5.41, 5.74) is 0.0951. The van der Waals surface area contributed by atoms with Crippen LogP contribution in [0.2, 0.25) is 0 Å². The number of carboxylic acid groups (broad SMARTS) is 2. The van der Waals surface area contributed by atoms with Gasteiger partial charge in [0.1, 0.15) is 0 Å². The first-order chi connectivity index (χ1) is 12.1. The molecule has 4 rings (SSSR count). The van der Waals surface area contributed by atoms with Crippen LogP contribution in [0.15, 0.2) is 0 Å². The molecule has 0 aromatic heterocycles. The lowest BCUT2D eigenvalue weighted by atomic mass is 9.83. The van der Waals surface area contributed by atoms with Crippen molar-refractivity contribution in [1.29, 1.82) is 0 Å². The van der Waals surface area contributed by atoms with Gasteiger partial charge >= 0.3 is 11.9 Å². The SMILES string of the molecule is CC12CCC(C(=O)O)CC1O2.CC12CCC(C(=O)O)CC1O2.OCCO. The smallest absolute Gasteiger partial charge is 0.306 e. The molecule has 8 nitrogen and oxygen atoms in total. The maximum absolute atomic E-state index is 10.6. The van der Waals surface area contributed by atoms with Crippen molar-refractivity contribution in [2.24, 2.45) is 11.8 Å². The fourth-order valence-electron chi connectivity index (χ4n) is 3.74. The maximum Gasteiger partial charge on any atom is 0.306 e. The molecule has 4 N–H and O–H groups in total. The average molecular weight is 374 g/mol. The monoisotopic (exact) mass is 374 g/mol. The van der Waals surface area contributed by atoms with Crippen molar-refractivity contribution in [3.63, 3.8) is 0 Å². The first-order valence-electron chi connectivity index (χ1n) is 9.18. The highest BCUT2D eigenvalue weighted by molar-refractivity contribution is 5.70. The predicted molar refractivity (Wildman–Crippen MR) is 90.7 cm³/mol. The van der Waals surface area contributed by atoms with E-state index < -0.39 is 11.9 Å². The van der Waals surface area contributed by atoms with Crippen LogP contribution in [-0.2, 0) is 19.1 Å². The van der Waals surface area contributed by atoms with Gasteiger partial charge in [-0.2, -0.15) is 0 Å². The molecule has 0 spiro atoms. The summed E-state index contributed by atoms with van der Waals surface area (Å²) < 4.78 is 10.8. The number of rotatable bonds is 3. The van der Waals surface area contributed by atoms with Crippen molar-refractivity contribution in [1.82, 2.24) is 0 Å². The van der Waals surface area contributed by atoms with Crippen molar-refractivity contribution in [3.05, 3.63) is 0 Å². The largest absolute Gasteiger partial charge is 0.481 e. The van der Waals surface area contributed by atoms with Gasteiger partial charge < -0.3 is 29.9 Å². The highest BCUT2D eigenvalue weighted by atomic mass is 16.6. The third-order valence-electron chi connectivity index (χ3n) is 5.84. The van der Waals surface area contributed by atoms with Gasteiger partial charge in [0.2, 0.25) is 0 Å². The molecule has 26 heavy (non-hydrogen) atoms. The number of aliphatic hydroxyl groups excluding tert-OH is 2. The third kappa shape index (κ3) is 5.16. The topological polar surface area (TPSA) is 140 Å². The zero-order chi connectivity index (χ0) is 19.5. The Kier molecular flexibility index (Phi) is 6.65. The molecule has 6 atom stereocenters. The summed E-state index contributed by atoms with van der Waals surface area (Å²) in [7, 11) is 0. The lowest BCUT2D eigenvalue weighted by molar-refractivity contribution is -0.143. The second-order valence-corrected chi connectivity index (χ2v) is 7.90. The van der Waals surface area contributed by atoms with Crippen LogP contribution in [0.4, 0.5) is 0 Å². The molecular weight excluding hydrogens is 344 g/mol. The molecule has 2 aliphatic heterocycles. The molecule has 6 unspecified atom stereocenters. The Labute approximate surface area is 153 Å². The minimum Gasteiger partial charge on any atom is -0.481 e. The summed E-state index contributed by atoms with van der Waals surface area (Å²) in [6.07, 6.45) is 5.28. The van der Waals surface area contributed by atoms with Crippen LogP contribution in [0.1, 0.15) is 52.4 Å². The maximum atomic E-state index is 10.6. The molecule has 150 valence electrons. The molecule has 2 heterocycles. The number of carboxylic acids is 2. The van der Waals surface area contributed by atoms with E-state index in [0.717, 1.165) is 25.7 Å². The van der Waals surface area contributed by atoms with E-state index in [9.17, 15) is 9.59 Å². The number of epoxide rings is 2. The first kappa shape index (κ1) is 21.1. The van der Waals surface area contributed by atoms with Crippen LogP contribution in [0.3, 0.4) is 0 Å². The van der Waals surface area contributed by atoms with Crippen LogP contribution >= 0.6 is 0 Å². The molecule has 0 radical (unpaired) electrons. The van der Waals surface area contributed by atoms with E-state index in [-0.39, 0.29) is 48.5 Å². The highest BCUT2D eigenvalue weighted by Crippen LogP contribution is 2.49. The van der Waals surface area contributed by atoms with Gasteiger partial charge in [-0.25, -0.2) is 0 Å². The minimum atomic E-state index is -0.664. The molecular formula is C18H30O8. The molecule has 0 aromatic carbocycles. The number of hydrogen-bond donors (Lipinski definition) is 4. The van der Waals surface area contributed by atoms with Crippen LogP contribution in [0, 0.1) is 11.8 Å². The van der Waals surface area contributed by atoms with E-state index in [0.29, 0.717) is 12.8 Å². The number of carbonyl (C=O) groups is 2. The second-order valence-electron chi connectivity index (χ2n) is 7.90. The van der Waals surface area contributed by atoms with Crippen molar-refractivity contribution in [2.45, 2.75) is 75.8 Å². The van der Waals surface area contributed by atoms with E-state index in [2.05, 4.69) is 13.8 Å². The molecule has 0 bridgehead atoms. The van der Waals surface area contributed by atoms with E-state index in [4.69, 9.17) is 29.9 Å². The van der Waals surface area contributed by atoms with Gasteiger partial charge in [0.25, 0.3) is 0 Å². The molecule has 8 heteroatoms. The van der Waals surface area contributed by atoms with Crippen LogP contribution in [0.5, 0.6) is 0 Å². The number of aliphatic hydroxyl groups is 2. The number of ether oxygens (including phenoxy) is 2. The molecule has 2 saturated carbocycles. The van der Waals surface area contributed by atoms with Crippen LogP contribution in [-0.4, -0.2) is 69.0 Å². The minimum absolute atomic E-state index is 0.0476. The van der Waals surface area contributed by atoms with Crippen molar-refractivity contribution in [3.8, 4) is 0 Å². The number of aliphatic carboxylic acids is 2. The second kappa shape index (κ2) is 8.21. The van der Waals surface area contributed by atoms with Gasteiger partial charge in [-0.3, -0.25) is 9.59 Å². The van der Waals surface area contributed by atoms with Crippen molar-refractivity contribution >= 4 is 11.9 Å².